The summed E-state index contributed by atoms with van der Waals surface area (Å²) in [7, 11) is 0. The number of nitrogens with zero attached hydrogens (tertiary/aromatic N) is 1. The van der Waals surface area contributed by atoms with Crippen molar-refractivity contribution in [2.45, 2.75) is 52.7 Å². The van der Waals surface area contributed by atoms with Crippen molar-refractivity contribution < 1.29 is 32.8 Å². The largest absolute Gasteiger partial charge is 0.456 e. The Morgan fingerprint density at radius 3 is 2.00 bits per heavy atom. The van der Waals surface area contributed by atoms with Gasteiger partial charge in [0.1, 0.15) is 28.3 Å². The van der Waals surface area contributed by atoms with E-state index in [1.807, 2.05) is 5.32 Å². The van der Waals surface area contributed by atoms with Crippen molar-refractivity contribution in [3.63, 3.8) is 0 Å². The van der Waals surface area contributed by atoms with Gasteiger partial charge in [-0.25, -0.2) is 14.0 Å². The highest BCUT2D eigenvalue weighted by Crippen LogP contribution is 2.33. The Morgan fingerprint density at radius 1 is 1.08 bits per heavy atom. The van der Waals surface area contributed by atoms with Crippen LogP contribution >= 0.6 is 0 Å². The molecule has 0 aliphatic carbocycles. The maximum atomic E-state index is 14.5. The van der Waals surface area contributed by atoms with E-state index in [0.29, 0.717) is 6.07 Å². The normalized spacial score (nSPS) is 11.7. The van der Waals surface area contributed by atoms with E-state index < -0.39 is 56.8 Å². The van der Waals surface area contributed by atoms with E-state index in [1.54, 1.807) is 0 Å². The summed E-state index contributed by atoms with van der Waals surface area (Å²) in [5.41, 5.74) is -5.30. The number of rotatable bonds is 3. The second kappa shape index (κ2) is 7.22. The number of anilines is 1. The predicted octanol–water partition coefficient (Wildman–Crippen LogP) is 4.18. The molecule has 0 spiro atoms. The molecule has 1 amide bonds. The number of benzene rings is 1. The quantitative estimate of drug-likeness (QED) is 0.483. The number of amides is 1. The number of halogens is 2. The summed E-state index contributed by atoms with van der Waals surface area (Å²) in [6, 6.07) is 0.463. The maximum absolute atomic E-state index is 14.5. The number of carbonyl (C=O) groups excluding carboxylic acids is 2. The fourth-order valence-electron chi connectivity index (χ4n) is 1.81. The van der Waals surface area contributed by atoms with Crippen LogP contribution in [-0.2, 0) is 9.47 Å². The van der Waals surface area contributed by atoms with Crippen molar-refractivity contribution in [3.8, 4) is 0 Å². The number of hydrogen-bond acceptors (Lipinski definition) is 6. The number of esters is 1. The fraction of sp³-hybridized carbons (Fsp3) is 0.500. The van der Waals surface area contributed by atoms with Gasteiger partial charge in [-0.05, 0) is 41.5 Å². The van der Waals surface area contributed by atoms with Gasteiger partial charge in [0, 0.05) is 6.07 Å². The summed E-state index contributed by atoms with van der Waals surface area (Å²) in [6.07, 6.45) is -1.15. The highest BCUT2D eigenvalue weighted by atomic mass is 19.1. The summed E-state index contributed by atoms with van der Waals surface area (Å²) in [6.45, 7) is 9.00. The first kappa shape index (κ1) is 21.3. The van der Waals surface area contributed by atoms with E-state index in [1.165, 1.54) is 41.5 Å². The molecule has 8 nitrogen and oxygen atoms in total. The SMILES string of the molecule is CC(C)(C)OC(=O)Nc1cc(F)c(C(=O)OC(C)(C)C)c(F)c1[N+](=O)[O-]. The zero-order chi connectivity index (χ0) is 20.4. The van der Waals surface area contributed by atoms with E-state index in [4.69, 9.17) is 9.47 Å². The van der Waals surface area contributed by atoms with Crippen molar-refractivity contribution >= 4 is 23.4 Å². The molecular weight excluding hydrogens is 354 g/mol. The van der Waals surface area contributed by atoms with E-state index in [9.17, 15) is 28.5 Å². The lowest BCUT2D eigenvalue weighted by Gasteiger charge is -2.21. The smallest absolute Gasteiger partial charge is 0.412 e. The van der Waals surface area contributed by atoms with Crippen LogP contribution in [0.3, 0.4) is 0 Å². The third kappa shape index (κ3) is 5.64. The van der Waals surface area contributed by atoms with Crippen LogP contribution in [0, 0.1) is 21.7 Å². The molecule has 0 aromatic heterocycles. The maximum Gasteiger partial charge on any atom is 0.412 e. The van der Waals surface area contributed by atoms with Crippen LogP contribution in [0.5, 0.6) is 0 Å². The predicted molar refractivity (Wildman–Crippen MR) is 88.0 cm³/mol. The lowest BCUT2D eigenvalue weighted by Crippen LogP contribution is -2.28. The standard InChI is InChI=1S/C16H20F2N2O6/c1-15(2,3)25-13(21)10-8(17)7-9(12(11(10)18)20(23)24)19-14(22)26-16(4,5)6/h7H,1-6H3,(H,19,22). The van der Waals surface area contributed by atoms with Crippen LogP contribution < -0.4 is 5.32 Å². The molecule has 0 aliphatic rings. The van der Waals surface area contributed by atoms with Crippen LogP contribution in [-0.4, -0.2) is 28.2 Å². The number of carbonyl (C=O) groups is 2. The molecule has 0 heterocycles. The van der Waals surface area contributed by atoms with Gasteiger partial charge in [0.05, 0.1) is 4.92 Å². The third-order valence-electron chi connectivity index (χ3n) is 2.61. The van der Waals surface area contributed by atoms with Gasteiger partial charge in [0.2, 0.25) is 5.82 Å². The minimum absolute atomic E-state index is 0.463. The molecule has 1 rings (SSSR count). The van der Waals surface area contributed by atoms with Crippen LogP contribution in [0.15, 0.2) is 6.07 Å². The minimum atomic E-state index is -1.75. The number of nitrogens with one attached hydrogen (secondary N) is 1. The van der Waals surface area contributed by atoms with Gasteiger partial charge in [0.25, 0.3) is 0 Å². The minimum Gasteiger partial charge on any atom is -0.456 e. The third-order valence-corrected chi connectivity index (χ3v) is 2.61. The van der Waals surface area contributed by atoms with Gasteiger partial charge in [-0.1, -0.05) is 0 Å². The van der Waals surface area contributed by atoms with Crippen molar-refractivity contribution in [1.82, 2.24) is 0 Å². The second-order valence-electron chi connectivity index (χ2n) is 7.33. The average Bonchev–Trinajstić information content (AvgIpc) is 2.32. The van der Waals surface area contributed by atoms with Crippen LogP contribution in [0.2, 0.25) is 0 Å². The van der Waals surface area contributed by atoms with E-state index >= 15 is 0 Å². The lowest BCUT2D eigenvalue weighted by atomic mass is 10.1. The molecule has 0 aliphatic heterocycles. The molecule has 0 bridgehead atoms. The van der Waals surface area contributed by atoms with E-state index in [0.717, 1.165) is 0 Å². The summed E-state index contributed by atoms with van der Waals surface area (Å²) in [4.78, 5) is 33.7. The zero-order valence-electron chi connectivity index (χ0n) is 15.2. The van der Waals surface area contributed by atoms with Crippen molar-refractivity contribution in [2.24, 2.45) is 0 Å². The Hall–Kier alpha value is -2.78. The number of nitro groups is 1. The van der Waals surface area contributed by atoms with Crippen molar-refractivity contribution in [1.29, 1.82) is 0 Å². The molecule has 26 heavy (non-hydrogen) atoms. The van der Waals surface area contributed by atoms with Gasteiger partial charge in [-0.15, -0.1) is 0 Å². The highest BCUT2D eigenvalue weighted by molar-refractivity contribution is 5.95. The van der Waals surface area contributed by atoms with Gasteiger partial charge in [0.15, 0.2) is 0 Å². The van der Waals surface area contributed by atoms with Crippen molar-refractivity contribution in [3.05, 3.63) is 33.4 Å². The van der Waals surface area contributed by atoms with Crippen LogP contribution in [0.4, 0.5) is 25.0 Å². The molecule has 0 fully saturated rings. The Morgan fingerprint density at radius 2 is 1.58 bits per heavy atom. The molecule has 0 saturated carbocycles. The molecular formula is C16H20F2N2O6. The van der Waals surface area contributed by atoms with Crippen LogP contribution in [0.25, 0.3) is 0 Å². The second-order valence-corrected chi connectivity index (χ2v) is 7.33. The first-order valence-corrected chi connectivity index (χ1v) is 7.52. The monoisotopic (exact) mass is 374 g/mol. The Labute approximate surface area is 148 Å². The van der Waals surface area contributed by atoms with Crippen molar-refractivity contribution in [2.75, 3.05) is 5.32 Å². The summed E-state index contributed by atoms with van der Waals surface area (Å²) in [5.74, 6) is -4.58. The lowest BCUT2D eigenvalue weighted by molar-refractivity contribution is -0.386. The number of nitro benzene ring substituents is 1. The molecule has 0 radical (unpaired) electrons. The molecule has 144 valence electrons. The van der Waals surface area contributed by atoms with Gasteiger partial charge in [-0.2, -0.15) is 4.39 Å². The molecule has 1 aromatic rings. The van der Waals surface area contributed by atoms with Crippen LogP contribution in [0.1, 0.15) is 51.9 Å². The average molecular weight is 374 g/mol. The topological polar surface area (TPSA) is 108 Å². The molecule has 0 atom stereocenters. The Kier molecular flexibility index (Phi) is 5.91. The molecule has 10 heteroatoms. The zero-order valence-corrected chi connectivity index (χ0v) is 15.2. The molecule has 1 aromatic carbocycles. The van der Waals surface area contributed by atoms with E-state index in [2.05, 4.69) is 0 Å². The van der Waals surface area contributed by atoms with E-state index in [-0.39, 0.29) is 0 Å². The first-order chi connectivity index (χ1) is 11.6. The fourth-order valence-corrected chi connectivity index (χ4v) is 1.81. The first-order valence-electron chi connectivity index (χ1n) is 7.52. The van der Waals surface area contributed by atoms with Gasteiger partial charge < -0.3 is 9.47 Å². The summed E-state index contributed by atoms with van der Waals surface area (Å²) in [5, 5.41) is 13.1. The molecule has 1 N–H and O–H groups in total. The number of hydrogen-bond donors (Lipinski definition) is 1. The number of ether oxygens (including phenoxy) is 2. The Bertz CT molecular complexity index is 751. The molecule has 0 saturated heterocycles. The van der Waals surface area contributed by atoms with Gasteiger partial charge >= 0.3 is 17.7 Å². The highest BCUT2D eigenvalue weighted by Gasteiger charge is 2.34. The van der Waals surface area contributed by atoms with Gasteiger partial charge in [-0.3, -0.25) is 15.4 Å². The molecule has 0 unspecified atom stereocenters. The summed E-state index contributed by atoms with van der Waals surface area (Å²) >= 11 is 0. The summed E-state index contributed by atoms with van der Waals surface area (Å²) < 4.78 is 38.4. The Balaban J connectivity index is 3.38.